The fourth-order valence-electron chi connectivity index (χ4n) is 3.91. The summed E-state index contributed by atoms with van der Waals surface area (Å²) in [7, 11) is 0. The van der Waals surface area contributed by atoms with E-state index in [9.17, 15) is 9.90 Å². The smallest absolute Gasteiger partial charge is 0.249 e. The lowest BCUT2D eigenvalue weighted by molar-refractivity contribution is -0.111. The number of hydrogen-bond donors (Lipinski definition) is 2. The molecule has 0 bridgehead atoms. The third kappa shape index (κ3) is 5.59. The molecule has 164 valence electrons. The van der Waals surface area contributed by atoms with Gasteiger partial charge in [-0.15, -0.1) is 0 Å². The molecular formula is C26H28N4O2. The minimum Gasteiger partial charge on any atom is -0.396 e. The van der Waals surface area contributed by atoms with E-state index in [1.807, 2.05) is 55.6 Å². The van der Waals surface area contributed by atoms with Gasteiger partial charge >= 0.3 is 0 Å². The molecular weight excluding hydrogens is 400 g/mol. The number of aromatic nitrogens is 2. The molecule has 0 saturated carbocycles. The third-order valence-corrected chi connectivity index (χ3v) is 5.76. The largest absolute Gasteiger partial charge is 0.396 e. The molecule has 1 aliphatic heterocycles. The summed E-state index contributed by atoms with van der Waals surface area (Å²) in [6.07, 6.45) is 8.77. The monoisotopic (exact) mass is 428 g/mol. The van der Waals surface area contributed by atoms with Crippen LogP contribution in [0.4, 0.5) is 11.6 Å². The van der Waals surface area contributed by atoms with Gasteiger partial charge in [0.2, 0.25) is 5.91 Å². The second-order valence-electron chi connectivity index (χ2n) is 8.18. The molecule has 0 aliphatic carbocycles. The molecule has 6 nitrogen and oxygen atoms in total. The van der Waals surface area contributed by atoms with Crippen LogP contribution in [0.1, 0.15) is 24.0 Å². The minimum atomic E-state index is -0.224. The number of carbonyl (C=O) groups is 1. The summed E-state index contributed by atoms with van der Waals surface area (Å²) in [5, 5.41) is 12.2. The van der Waals surface area contributed by atoms with Crippen molar-refractivity contribution in [3.63, 3.8) is 0 Å². The van der Waals surface area contributed by atoms with Crippen LogP contribution in [0.5, 0.6) is 0 Å². The van der Waals surface area contributed by atoms with Gasteiger partial charge in [0.1, 0.15) is 11.6 Å². The number of nitrogens with one attached hydrogen (secondary N) is 1. The van der Waals surface area contributed by atoms with Gasteiger partial charge in [-0.05, 0) is 72.7 Å². The Bertz CT molecular complexity index is 1100. The molecule has 32 heavy (non-hydrogen) atoms. The van der Waals surface area contributed by atoms with E-state index in [2.05, 4.69) is 26.3 Å². The Kier molecular flexibility index (Phi) is 6.92. The first-order valence-electron chi connectivity index (χ1n) is 10.9. The molecule has 0 spiro atoms. The van der Waals surface area contributed by atoms with E-state index in [0.29, 0.717) is 11.7 Å². The fourth-order valence-corrected chi connectivity index (χ4v) is 3.91. The lowest BCUT2D eigenvalue weighted by atomic mass is 9.98. The van der Waals surface area contributed by atoms with Crippen molar-refractivity contribution < 1.29 is 9.90 Å². The van der Waals surface area contributed by atoms with Crippen LogP contribution in [0, 0.1) is 12.8 Å². The second-order valence-corrected chi connectivity index (χ2v) is 8.18. The maximum Gasteiger partial charge on any atom is 0.249 e. The average Bonchev–Trinajstić information content (AvgIpc) is 2.83. The van der Waals surface area contributed by atoms with Gasteiger partial charge in [-0.1, -0.05) is 29.8 Å². The molecule has 0 unspecified atom stereocenters. The summed E-state index contributed by atoms with van der Waals surface area (Å²) < 4.78 is 0. The number of hydrogen-bond acceptors (Lipinski definition) is 5. The highest BCUT2D eigenvalue weighted by atomic mass is 16.3. The van der Waals surface area contributed by atoms with Gasteiger partial charge in [-0.25, -0.2) is 9.97 Å². The maximum absolute atomic E-state index is 12.4. The van der Waals surface area contributed by atoms with Crippen LogP contribution in [0.2, 0.25) is 0 Å². The Morgan fingerprint density at radius 1 is 1.09 bits per heavy atom. The number of carbonyl (C=O) groups excluding carboxylic acids is 1. The number of rotatable bonds is 6. The van der Waals surface area contributed by atoms with Crippen LogP contribution < -0.4 is 10.2 Å². The van der Waals surface area contributed by atoms with Gasteiger partial charge in [-0.3, -0.25) is 4.79 Å². The number of anilines is 2. The molecule has 0 atom stereocenters. The van der Waals surface area contributed by atoms with Gasteiger partial charge < -0.3 is 15.3 Å². The number of aryl methyl sites for hydroxylation is 1. The summed E-state index contributed by atoms with van der Waals surface area (Å²) in [6, 6.07) is 15.8. The summed E-state index contributed by atoms with van der Waals surface area (Å²) >= 11 is 0. The number of benzene rings is 1. The summed E-state index contributed by atoms with van der Waals surface area (Å²) in [4.78, 5) is 23.4. The van der Waals surface area contributed by atoms with Crippen molar-refractivity contribution in [1.29, 1.82) is 0 Å². The Morgan fingerprint density at radius 3 is 2.59 bits per heavy atom. The standard InChI is InChI=1S/C26H28N4O2/c1-19-3-2-4-20(15-19)5-6-26(32)29-24-16-22(7-11-27-24)23-8-12-28-25(17-23)30-13-9-21(18-31)10-14-30/h2-8,11-12,15-17,21,31H,9-10,13-14,18H2,1H3,(H,27,29,32)/b6-5+. The lowest BCUT2D eigenvalue weighted by Gasteiger charge is -2.32. The molecule has 1 amide bonds. The third-order valence-electron chi connectivity index (χ3n) is 5.76. The van der Waals surface area contributed by atoms with Crippen LogP contribution in [-0.2, 0) is 4.79 Å². The van der Waals surface area contributed by atoms with Crippen LogP contribution in [-0.4, -0.2) is 40.7 Å². The van der Waals surface area contributed by atoms with E-state index in [-0.39, 0.29) is 12.5 Å². The van der Waals surface area contributed by atoms with Gasteiger partial charge in [0.15, 0.2) is 0 Å². The number of aliphatic hydroxyl groups excluding tert-OH is 1. The number of amides is 1. The summed E-state index contributed by atoms with van der Waals surface area (Å²) in [6.45, 7) is 4.07. The number of pyridine rings is 2. The quantitative estimate of drug-likeness (QED) is 0.572. The molecule has 1 fully saturated rings. The van der Waals surface area contributed by atoms with Crippen molar-refractivity contribution in [1.82, 2.24) is 9.97 Å². The first-order chi connectivity index (χ1) is 15.6. The molecule has 3 heterocycles. The maximum atomic E-state index is 12.4. The Balaban J connectivity index is 1.44. The van der Waals surface area contributed by atoms with E-state index >= 15 is 0 Å². The normalized spacial score (nSPS) is 14.6. The average molecular weight is 429 g/mol. The Hall–Kier alpha value is -3.51. The van der Waals surface area contributed by atoms with Crippen LogP contribution in [0.3, 0.4) is 0 Å². The van der Waals surface area contributed by atoms with E-state index in [0.717, 1.165) is 54.0 Å². The molecule has 1 aromatic carbocycles. The zero-order chi connectivity index (χ0) is 22.3. The van der Waals surface area contributed by atoms with Crippen molar-refractivity contribution in [3.05, 3.63) is 78.1 Å². The molecule has 2 aromatic heterocycles. The zero-order valence-electron chi connectivity index (χ0n) is 18.2. The predicted octanol–water partition coefficient (Wildman–Crippen LogP) is 4.31. The predicted molar refractivity (Wildman–Crippen MR) is 128 cm³/mol. The van der Waals surface area contributed by atoms with Crippen LogP contribution in [0.15, 0.2) is 67.0 Å². The van der Waals surface area contributed by atoms with Gasteiger partial charge in [0.25, 0.3) is 0 Å². The lowest BCUT2D eigenvalue weighted by Crippen LogP contribution is -2.35. The molecule has 2 N–H and O–H groups in total. The molecule has 6 heteroatoms. The van der Waals surface area contributed by atoms with Gasteiger partial charge in [0.05, 0.1) is 0 Å². The molecule has 1 saturated heterocycles. The van der Waals surface area contributed by atoms with E-state index in [1.165, 1.54) is 6.08 Å². The SMILES string of the molecule is Cc1cccc(/C=C/C(=O)Nc2cc(-c3ccnc(N4CCC(CO)CC4)c3)ccn2)c1. The van der Waals surface area contributed by atoms with Crippen molar-refractivity contribution in [2.75, 3.05) is 29.9 Å². The summed E-state index contributed by atoms with van der Waals surface area (Å²) in [5.74, 6) is 1.60. The Morgan fingerprint density at radius 2 is 1.84 bits per heavy atom. The second kappa shape index (κ2) is 10.2. The first kappa shape index (κ1) is 21.7. The Labute approximate surface area is 188 Å². The van der Waals surface area contributed by atoms with Crippen LogP contribution in [0.25, 0.3) is 17.2 Å². The van der Waals surface area contributed by atoms with E-state index < -0.39 is 0 Å². The minimum absolute atomic E-state index is 0.224. The molecule has 0 radical (unpaired) electrons. The number of piperidine rings is 1. The molecule has 1 aliphatic rings. The number of aliphatic hydroxyl groups is 1. The highest BCUT2D eigenvalue weighted by Crippen LogP contribution is 2.27. The van der Waals surface area contributed by atoms with Crippen molar-refractivity contribution in [2.45, 2.75) is 19.8 Å². The van der Waals surface area contributed by atoms with Crippen molar-refractivity contribution >= 4 is 23.6 Å². The highest BCUT2D eigenvalue weighted by molar-refractivity contribution is 6.01. The zero-order valence-corrected chi connectivity index (χ0v) is 18.2. The topological polar surface area (TPSA) is 78.4 Å². The highest BCUT2D eigenvalue weighted by Gasteiger charge is 2.19. The van der Waals surface area contributed by atoms with Crippen molar-refractivity contribution in [2.24, 2.45) is 5.92 Å². The van der Waals surface area contributed by atoms with E-state index in [1.54, 1.807) is 12.3 Å². The first-order valence-corrected chi connectivity index (χ1v) is 10.9. The molecule has 4 rings (SSSR count). The summed E-state index contributed by atoms with van der Waals surface area (Å²) in [5.41, 5.74) is 4.12. The number of nitrogens with zero attached hydrogens (tertiary/aromatic N) is 3. The van der Waals surface area contributed by atoms with Gasteiger partial charge in [0, 0.05) is 38.2 Å². The van der Waals surface area contributed by atoms with Crippen LogP contribution >= 0.6 is 0 Å². The van der Waals surface area contributed by atoms with Gasteiger partial charge in [-0.2, -0.15) is 0 Å². The fraction of sp³-hybridized carbons (Fsp3) is 0.269. The van der Waals surface area contributed by atoms with E-state index in [4.69, 9.17) is 0 Å². The van der Waals surface area contributed by atoms with Crippen molar-refractivity contribution in [3.8, 4) is 11.1 Å². The molecule has 3 aromatic rings.